The van der Waals surface area contributed by atoms with Gasteiger partial charge in [-0.25, -0.2) is 4.74 Å². The van der Waals surface area contributed by atoms with Crippen LogP contribution in [0.2, 0.25) is 0 Å². The highest BCUT2D eigenvalue weighted by Gasteiger charge is 2.59. The molecule has 144 valence electrons. The van der Waals surface area contributed by atoms with Gasteiger partial charge < -0.3 is 0 Å². The molecule has 0 radical (unpaired) electrons. The molecule has 4 bridgehead atoms. The summed E-state index contributed by atoms with van der Waals surface area (Å²) in [5, 5.41) is 0.394. The summed E-state index contributed by atoms with van der Waals surface area (Å²) in [7, 11) is 7.35. The van der Waals surface area contributed by atoms with Crippen molar-refractivity contribution in [2.45, 2.75) is 57.5 Å². The first-order valence-corrected chi connectivity index (χ1v) is 12.0. The van der Waals surface area contributed by atoms with E-state index in [9.17, 15) is 0 Å². The van der Waals surface area contributed by atoms with Crippen LogP contribution >= 0.6 is 7.36 Å². The van der Waals surface area contributed by atoms with Gasteiger partial charge in [0.25, 0.3) is 0 Å². The molecule has 26 heavy (non-hydrogen) atoms. The maximum atomic E-state index is 5.70. The summed E-state index contributed by atoms with van der Waals surface area (Å²) in [4.78, 5) is 0. The maximum absolute atomic E-state index is 5.70. The predicted octanol–water partition coefficient (Wildman–Crippen LogP) is 6.06. The van der Waals surface area contributed by atoms with Crippen LogP contribution < -0.4 is 0 Å². The molecular weight excluding hydrogens is 337 g/mol. The Morgan fingerprint density at radius 2 is 1.38 bits per heavy atom. The van der Waals surface area contributed by atoms with E-state index >= 15 is 0 Å². The zero-order chi connectivity index (χ0) is 18.7. The smallest absolute Gasteiger partial charge is 0.108 e. The SMILES string of the molecule is Cc1cccc(N=P(N(C)C)(N(C)C)C23CC4CC(CC(C4)C2)C3)c1C. The van der Waals surface area contributed by atoms with Crippen LogP contribution in [0.4, 0.5) is 5.69 Å². The van der Waals surface area contributed by atoms with Crippen molar-refractivity contribution in [3.8, 4) is 0 Å². The van der Waals surface area contributed by atoms with Crippen molar-refractivity contribution >= 4 is 13.0 Å². The molecule has 4 aliphatic carbocycles. The van der Waals surface area contributed by atoms with Gasteiger partial charge in [0.15, 0.2) is 0 Å². The Balaban J connectivity index is 1.93. The lowest BCUT2D eigenvalue weighted by molar-refractivity contribution is 0.0307. The molecule has 0 N–H and O–H groups in total. The molecule has 0 saturated heterocycles. The average Bonchev–Trinajstić information content (AvgIpc) is 2.54. The van der Waals surface area contributed by atoms with Gasteiger partial charge in [0, 0.05) is 5.16 Å². The fourth-order valence-electron chi connectivity index (χ4n) is 6.92. The highest BCUT2D eigenvalue weighted by molar-refractivity contribution is 7.63. The predicted molar refractivity (Wildman–Crippen MR) is 113 cm³/mol. The highest BCUT2D eigenvalue weighted by Crippen LogP contribution is 2.76. The van der Waals surface area contributed by atoms with E-state index in [-0.39, 0.29) is 0 Å². The maximum Gasteiger partial charge on any atom is 0.108 e. The second kappa shape index (κ2) is 6.47. The Morgan fingerprint density at radius 3 is 1.85 bits per heavy atom. The van der Waals surface area contributed by atoms with Crippen LogP contribution in [0.5, 0.6) is 0 Å². The van der Waals surface area contributed by atoms with Crippen LogP contribution in [0, 0.1) is 31.6 Å². The largest absolute Gasteiger partial charge is 0.263 e. The Bertz CT molecular complexity index is 702. The van der Waals surface area contributed by atoms with Crippen LogP contribution in [-0.2, 0) is 0 Å². The third kappa shape index (κ3) is 2.65. The van der Waals surface area contributed by atoms with E-state index < -0.39 is 7.36 Å². The topological polar surface area (TPSA) is 18.8 Å². The van der Waals surface area contributed by atoms with Crippen molar-refractivity contribution in [2.75, 3.05) is 28.2 Å². The Morgan fingerprint density at radius 1 is 0.885 bits per heavy atom. The Labute approximate surface area is 160 Å². The zero-order valence-corrected chi connectivity index (χ0v) is 18.4. The van der Waals surface area contributed by atoms with Gasteiger partial charge in [-0.1, -0.05) is 12.1 Å². The number of nitrogens with zero attached hydrogens (tertiary/aromatic N) is 3. The summed E-state index contributed by atoms with van der Waals surface area (Å²) in [6.45, 7) is 4.46. The van der Waals surface area contributed by atoms with Gasteiger partial charge >= 0.3 is 0 Å². The van der Waals surface area contributed by atoms with Gasteiger partial charge in [0.1, 0.15) is 7.36 Å². The lowest BCUT2D eigenvalue weighted by atomic mass is 9.56. The van der Waals surface area contributed by atoms with Crippen molar-refractivity contribution in [1.29, 1.82) is 0 Å². The average molecular weight is 374 g/mol. The van der Waals surface area contributed by atoms with Gasteiger partial charge in [0.2, 0.25) is 0 Å². The molecule has 4 aliphatic rings. The minimum atomic E-state index is -1.82. The summed E-state index contributed by atoms with van der Waals surface area (Å²) in [6.07, 6.45) is 8.67. The second-order valence-electron chi connectivity index (χ2n) is 9.72. The standard InChI is InChI=1S/C22H36N3P/c1-16-8-7-9-21(17(16)2)23-26(24(3)4,25(5)6)22-13-18-10-19(14-22)12-20(11-18)15-22/h7-9,18-20H,10-15H2,1-6H3. The molecule has 4 fully saturated rings. The van der Waals surface area contributed by atoms with Gasteiger partial charge in [-0.05, 0) is 116 Å². The van der Waals surface area contributed by atoms with Gasteiger partial charge in [-0.3, -0.25) is 9.34 Å². The van der Waals surface area contributed by atoms with Crippen molar-refractivity contribution in [3.63, 3.8) is 0 Å². The van der Waals surface area contributed by atoms with Crippen LogP contribution in [-0.4, -0.2) is 42.7 Å². The van der Waals surface area contributed by atoms with Gasteiger partial charge in [-0.2, -0.15) is 0 Å². The summed E-state index contributed by atoms with van der Waals surface area (Å²) in [6, 6.07) is 6.63. The minimum absolute atomic E-state index is 0.394. The lowest BCUT2D eigenvalue weighted by Gasteiger charge is -2.63. The highest BCUT2D eigenvalue weighted by atomic mass is 31.2. The van der Waals surface area contributed by atoms with E-state index in [0.29, 0.717) is 5.16 Å². The number of aryl methyl sites for hydroxylation is 1. The fraction of sp³-hybridized carbons (Fsp3) is 0.727. The molecule has 1 aromatic rings. The summed E-state index contributed by atoms with van der Waals surface area (Å²) < 4.78 is 10.8. The molecule has 1 aromatic carbocycles. The zero-order valence-electron chi connectivity index (χ0n) is 17.5. The molecular formula is C22H36N3P. The minimum Gasteiger partial charge on any atom is -0.263 e. The molecule has 0 aliphatic heterocycles. The quantitative estimate of drug-likeness (QED) is 0.598. The fourth-order valence-corrected chi connectivity index (χ4v) is 11.9. The first-order chi connectivity index (χ1) is 12.3. The number of hydrogen-bond acceptors (Lipinski definition) is 1. The second-order valence-corrected chi connectivity index (χ2v) is 13.6. The normalized spacial score (nSPS) is 33.3. The van der Waals surface area contributed by atoms with Gasteiger partial charge in [-0.15, -0.1) is 0 Å². The molecule has 5 rings (SSSR count). The van der Waals surface area contributed by atoms with E-state index in [1.807, 2.05) is 0 Å². The van der Waals surface area contributed by atoms with Crippen LogP contribution in [0.15, 0.2) is 22.9 Å². The van der Waals surface area contributed by atoms with Crippen LogP contribution in [0.3, 0.4) is 0 Å². The summed E-state index contributed by atoms with van der Waals surface area (Å²) in [5.41, 5.74) is 3.93. The lowest BCUT2D eigenvalue weighted by Crippen LogP contribution is -2.53. The van der Waals surface area contributed by atoms with Crippen molar-refractivity contribution in [2.24, 2.45) is 22.5 Å². The van der Waals surface area contributed by atoms with E-state index in [4.69, 9.17) is 4.74 Å². The third-order valence-corrected chi connectivity index (χ3v) is 12.1. The molecule has 0 amide bonds. The molecule has 3 nitrogen and oxygen atoms in total. The molecule has 0 unspecified atom stereocenters. The van der Waals surface area contributed by atoms with E-state index in [1.165, 1.54) is 55.3 Å². The first kappa shape index (κ1) is 18.7. The Hall–Kier alpha value is -0.630. The van der Waals surface area contributed by atoms with Gasteiger partial charge in [0.05, 0.1) is 5.69 Å². The monoisotopic (exact) mass is 373 g/mol. The van der Waals surface area contributed by atoms with Crippen molar-refractivity contribution in [1.82, 2.24) is 9.34 Å². The molecule has 0 aromatic heterocycles. The van der Waals surface area contributed by atoms with Crippen LogP contribution in [0.25, 0.3) is 0 Å². The van der Waals surface area contributed by atoms with E-state index in [0.717, 1.165) is 17.8 Å². The summed E-state index contributed by atoms with van der Waals surface area (Å²) >= 11 is 0. The van der Waals surface area contributed by atoms with E-state index in [1.54, 1.807) is 0 Å². The molecule has 4 heteroatoms. The summed E-state index contributed by atoms with van der Waals surface area (Å²) in [5.74, 6) is 2.86. The third-order valence-electron chi connectivity index (χ3n) is 7.58. The molecule has 0 spiro atoms. The number of rotatable bonds is 4. The van der Waals surface area contributed by atoms with Crippen molar-refractivity contribution in [3.05, 3.63) is 29.3 Å². The number of hydrogen-bond donors (Lipinski definition) is 0. The molecule has 0 atom stereocenters. The first-order valence-electron chi connectivity index (χ1n) is 10.3. The van der Waals surface area contributed by atoms with Crippen molar-refractivity contribution < 1.29 is 0 Å². The Kier molecular flexibility index (Phi) is 4.66. The molecule has 4 saturated carbocycles. The number of benzene rings is 1. The molecule has 0 heterocycles. The van der Waals surface area contributed by atoms with E-state index in [2.05, 4.69) is 69.6 Å². The van der Waals surface area contributed by atoms with Crippen LogP contribution in [0.1, 0.15) is 49.7 Å².